The molecule has 0 aliphatic rings. The molecule has 0 aliphatic heterocycles. The second kappa shape index (κ2) is 10.3. The van der Waals surface area contributed by atoms with E-state index < -0.39 is 11.9 Å². The lowest BCUT2D eigenvalue weighted by molar-refractivity contribution is -0.111. The van der Waals surface area contributed by atoms with Crippen LogP contribution < -0.4 is 10.6 Å². The molecule has 3 rings (SSSR count). The summed E-state index contributed by atoms with van der Waals surface area (Å²) in [4.78, 5) is 37.7. The number of amides is 2. The highest BCUT2D eigenvalue weighted by atomic mass is 32.1. The number of anilines is 1. The zero-order chi connectivity index (χ0) is 24.1. The SMILES string of the molecule is CCOC(=O)c1c(NC(=O)/C=C/c2c(C)nn(-c3ccccc3)c2C)sc(C(=O)NC)c1C. The summed E-state index contributed by atoms with van der Waals surface area (Å²) in [6.07, 6.45) is 3.08. The largest absolute Gasteiger partial charge is 0.462 e. The number of hydrogen-bond donors (Lipinski definition) is 2. The Balaban J connectivity index is 1.88. The van der Waals surface area contributed by atoms with Gasteiger partial charge in [0.15, 0.2) is 0 Å². The zero-order valence-corrected chi connectivity index (χ0v) is 20.0. The number of thiophene rings is 1. The molecular formula is C24H26N4O4S. The first kappa shape index (κ1) is 23.9. The first-order valence-electron chi connectivity index (χ1n) is 10.4. The fourth-order valence-corrected chi connectivity index (χ4v) is 4.55. The quantitative estimate of drug-likeness (QED) is 0.404. The van der Waals surface area contributed by atoms with Gasteiger partial charge in [0.05, 0.1) is 28.4 Å². The molecule has 0 bridgehead atoms. The predicted molar refractivity (Wildman–Crippen MR) is 129 cm³/mol. The van der Waals surface area contributed by atoms with E-state index in [0.29, 0.717) is 10.4 Å². The Morgan fingerprint density at radius 1 is 1.15 bits per heavy atom. The minimum absolute atomic E-state index is 0.181. The third-order valence-electron chi connectivity index (χ3n) is 5.05. The van der Waals surface area contributed by atoms with Crippen LogP contribution in [-0.4, -0.2) is 41.2 Å². The fourth-order valence-electron chi connectivity index (χ4n) is 3.41. The van der Waals surface area contributed by atoms with Gasteiger partial charge in [0.1, 0.15) is 5.00 Å². The van der Waals surface area contributed by atoms with Gasteiger partial charge >= 0.3 is 5.97 Å². The van der Waals surface area contributed by atoms with E-state index in [9.17, 15) is 14.4 Å². The molecule has 2 amide bonds. The first-order chi connectivity index (χ1) is 15.8. The summed E-state index contributed by atoms with van der Waals surface area (Å²) in [5, 5.41) is 10.1. The van der Waals surface area contributed by atoms with Crippen molar-refractivity contribution in [1.82, 2.24) is 15.1 Å². The van der Waals surface area contributed by atoms with Crippen molar-refractivity contribution in [3.63, 3.8) is 0 Å². The van der Waals surface area contributed by atoms with Crippen molar-refractivity contribution in [2.24, 2.45) is 0 Å². The minimum Gasteiger partial charge on any atom is -0.462 e. The zero-order valence-electron chi connectivity index (χ0n) is 19.2. The molecule has 2 N–H and O–H groups in total. The average molecular weight is 467 g/mol. The predicted octanol–water partition coefficient (Wildman–Crippen LogP) is 4.05. The summed E-state index contributed by atoms with van der Waals surface area (Å²) in [7, 11) is 1.51. The number of nitrogens with one attached hydrogen (secondary N) is 2. The molecule has 0 unspecified atom stereocenters. The standard InChI is InChI=1S/C24H26N4O4S/c1-6-32-24(31)20-14(2)21(22(30)25-5)33-23(20)26-19(29)13-12-18-15(3)27-28(16(18)4)17-10-8-7-9-11-17/h7-13H,6H2,1-5H3,(H,25,30)(H,26,29)/b13-12+. The lowest BCUT2D eigenvalue weighted by Gasteiger charge is -2.05. The number of aromatic nitrogens is 2. The van der Waals surface area contributed by atoms with Crippen LogP contribution in [0.1, 0.15) is 49.5 Å². The number of aryl methyl sites for hydroxylation is 1. The van der Waals surface area contributed by atoms with Crippen LogP contribution in [0.2, 0.25) is 0 Å². The number of ether oxygens (including phenoxy) is 1. The smallest absolute Gasteiger partial charge is 0.341 e. The van der Waals surface area contributed by atoms with Gasteiger partial charge in [0.25, 0.3) is 5.91 Å². The number of benzene rings is 1. The topological polar surface area (TPSA) is 102 Å². The highest BCUT2D eigenvalue weighted by molar-refractivity contribution is 7.18. The third kappa shape index (κ3) is 5.04. The van der Waals surface area contributed by atoms with Gasteiger partial charge in [-0.3, -0.25) is 9.59 Å². The van der Waals surface area contributed by atoms with Crippen molar-refractivity contribution in [1.29, 1.82) is 0 Å². The summed E-state index contributed by atoms with van der Waals surface area (Å²) in [5.41, 5.74) is 4.08. The normalized spacial score (nSPS) is 10.9. The molecule has 33 heavy (non-hydrogen) atoms. The molecule has 1 aromatic carbocycles. The number of esters is 1. The highest BCUT2D eigenvalue weighted by Gasteiger charge is 2.26. The molecule has 3 aromatic rings. The Morgan fingerprint density at radius 2 is 1.85 bits per heavy atom. The molecule has 0 atom stereocenters. The molecule has 0 saturated heterocycles. The molecular weight excluding hydrogens is 440 g/mol. The molecule has 2 heterocycles. The van der Waals surface area contributed by atoms with Gasteiger partial charge < -0.3 is 15.4 Å². The van der Waals surface area contributed by atoms with E-state index in [4.69, 9.17) is 4.74 Å². The molecule has 0 saturated carbocycles. The summed E-state index contributed by atoms with van der Waals surface area (Å²) in [5.74, 6) is -1.35. The van der Waals surface area contributed by atoms with Gasteiger partial charge in [-0.2, -0.15) is 5.10 Å². The van der Waals surface area contributed by atoms with Gasteiger partial charge in [-0.1, -0.05) is 18.2 Å². The fraction of sp³-hybridized carbons (Fsp3) is 0.250. The van der Waals surface area contributed by atoms with Gasteiger partial charge in [-0.15, -0.1) is 11.3 Å². The average Bonchev–Trinajstić information content (AvgIpc) is 3.27. The number of para-hydroxylation sites is 1. The Kier molecular flexibility index (Phi) is 7.44. The lowest BCUT2D eigenvalue weighted by atomic mass is 10.1. The van der Waals surface area contributed by atoms with Crippen LogP contribution in [0.25, 0.3) is 11.8 Å². The Morgan fingerprint density at radius 3 is 2.48 bits per heavy atom. The molecule has 0 fully saturated rings. The lowest BCUT2D eigenvalue weighted by Crippen LogP contribution is -2.17. The van der Waals surface area contributed by atoms with E-state index in [1.54, 1.807) is 19.9 Å². The summed E-state index contributed by atoms with van der Waals surface area (Å²) in [6, 6.07) is 9.73. The summed E-state index contributed by atoms with van der Waals surface area (Å²) < 4.78 is 6.94. The van der Waals surface area contributed by atoms with E-state index in [1.807, 2.05) is 48.9 Å². The Hall–Kier alpha value is -3.72. The molecule has 0 spiro atoms. The van der Waals surface area contributed by atoms with Crippen molar-refractivity contribution < 1.29 is 19.1 Å². The van der Waals surface area contributed by atoms with E-state index in [-0.39, 0.29) is 23.1 Å². The van der Waals surface area contributed by atoms with E-state index in [2.05, 4.69) is 15.7 Å². The van der Waals surface area contributed by atoms with Gasteiger partial charge in [-0.25, -0.2) is 9.48 Å². The van der Waals surface area contributed by atoms with E-state index in [1.165, 1.54) is 13.1 Å². The molecule has 9 heteroatoms. The maximum Gasteiger partial charge on any atom is 0.341 e. The van der Waals surface area contributed by atoms with Crippen LogP contribution in [0, 0.1) is 20.8 Å². The van der Waals surface area contributed by atoms with Crippen molar-refractivity contribution in [2.45, 2.75) is 27.7 Å². The van der Waals surface area contributed by atoms with Crippen LogP contribution in [-0.2, 0) is 9.53 Å². The van der Waals surface area contributed by atoms with Crippen LogP contribution >= 0.6 is 11.3 Å². The first-order valence-corrected chi connectivity index (χ1v) is 11.2. The van der Waals surface area contributed by atoms with E-state index >= 15 is 0 Å². The second-order valence-electron chi connectivity index (χ2n) is 7.21. The van der Waals surface area contributed by atoms with Crippen molar-refractivity contribution >= 4 is 40.2 Å². The van der Waals surface area contributed by atoms with Crippen LogP contribution in [0.3, 0.4) is 0 Å². The minimum atomic E-state index is -0.587. The van der Waals surface area contributed by atoms with Gasteiger partial charge in [-0.05, 0) is 51.5 Å². The number of rotatable bonds is 7. The van der Waals surface area contributed by atoms with Crippen molar-refractivity contribution in [2.75, 3.05) is 19.0 Å². The van der Waals surface area contributed by atoms with E-state index in [0.717, 1.165) is 34.0 Å². The number of carbonyl (C=O) groups is 3. The summed E-state index contributed by atoms with van der Waals surface area (Å²) in [6.45, 7) is 7.34. The molecule has 8 nitrogen and oxygen atoms in total. The highest BCUT2D eigenvalue weighted by Crippen LogP contribution is 2.34. The number of hydrogen-bond acceptors (Lipinski definition) is 6. The Bertz CT molecular complexity index is 1230. The van der Waals surface area contributed by atoms with Crippen LogP contribution in [0.15, 0.2) is 36.4 Å². The van der Waals surface area contributed by atoms with Crippen molar-refractivity contribution in [3.05, 3.63) is 69.4 Å². The molecule has 172 valence electrons. The van der Waals surface area contributed by atoms with Gasteiger partial charge in [0, 0.05) is 24.4 Å². The molecule has 0 aliphatic carbocycles. The molecule has 2 aromatic heterocycles. The Labute approximate surface area is 196 Å². The monoisotopic (exact) mass is 466 g/mol. The summed E-state index contributed by atoms with van der Waals surface area (Å²) >= 11 is 1.04. The third-order valence-corrected chi connectivity index (χ3v) is 6.25. The molecule has 0 radical (unpaired) electrons. The van der Waals surface area contributed by atoms with Crippen molar-refractivity contribution in [3.8, 4) is 5.69 Å². The maximum atomic E-state index is 12.7. The second-order valence-corrected chi connectivity index (χ2v) is 8.23. The maximum absolute atomic E-state index is 12.7. The van der Waals surface area contributed by atoms with Gasteiger partial charge in [0.2, 0.25) is 5.91 Å². The van der Waals surface area contributed by atoms with Crippen LogP contribution in [0.5, 0.6) is 0 Å². The number of nitrogens with zero attached hydrogens (tertiary/aromatic N) is 2. The number of carbonyl (C=O) groups excluding carboxylic acids is 3. The van der Waals surface area contributed by atoms with Crippen LogP contribution in [0.4, 0.5) is 5.00 Å².